The number of nitrogens with one attached hydrogen (secondary N) is 4. The molecule has 3 aromatic rings. The molecule has 0 heterocycles. The van der Waals surface area contributed by atoms with Crippen molar-refractivity contribution >= 4 is 29.5 Å². The van der Waals surface area contributed by atoms with E-state index in [1.54, 1.807) is 75.4 Å². The number of alkyl carbamates (subject to hydrolysis) is 1. The molecule has 4 amide bonds. The van der Waals surface area contributed by atoms with E-state index in [4.69, 9.17) is 4.74 Å². The molecular weight excluding hydrogens is 637 g/mol. The molecule has 0 radical (unpaired) electrons. The Kier molecular flexibility index (Phi) is 11.7. The summed E-state index contributed by atoms with van der Waals surface area (Å²) in [6.07, 6.45) is -2.52. The Morgan fingerprint density at radius 3 is 2.08 bits per heavy atom. The maximum Gasteiger partial charge on any atom is 0.416 e. The van der Waals surface area contributed by atoms with E-state index >= 15 is 0 Å². The summed E-state index contributed by atoms with van der Waals surface area (Å²) in [6.45, 7) is 6.90. The predicted molar refractivity (Wildman–Crippen MR) is 180 cm³/mol. The Bertz CT molecular complexity index is 1620. The van der Waals surface area contributed by atoms with Crippen molar-refractivity contribution < 1.29 is 37.1 Å². The van der Waals surface area contributed by atoms with E-state index in [0.717, 1.165) is 24.1 Å². The van der Waals surface area contributed by atoms with Crippen molar-refractivity contribution in [3.8, 4) is 0 Å². The van der Waals surface area contributed by atoms with Gasteiger partial charge in [-0.05, 0) is 87.9 Å². The third-order valence-corrected chi connectivity index (χ3v) is 8.21. The molecule has 0 saturated heterocycles. The minimum Gasteiger partial charge on any atom is -0.444 e. The van der Waals surface area contributed by atoms with Gasteiger partial charge in [0.2, 0.25) is 11.8 Å². The molecule has 0 aromatic heterocycles. The predicted octanol–water partition coefficient (Wildman–Crippen LogP) is 6.87. The van der Waals surface area contributed by atoms with Gasteiger partial charge in [0, 0.05) is 17.7 Å². The van der Waals surface area contributed by atoms with Crippen LogP contribution >= 0.6 is 0 Å². The van der Waals surface area contributed by atoms with Gasteiger partial charge in [0.05, 0.1) is 11.1 Å². The van der Waals surface area contributed by atoms with Crippen molar-refractivity contribution in [1.82, 2.24) is 16.0 Å². The minimum absolute atomic E-state index is 0.199. The van der Waals surface area contributed by atoms with Crippen LogP contribution < -0.4 is 21.3 Å². The molecule has 3 aromatic carbocycles. The molecule has 262 valence electrons. The number of hydrogen-bond donors (Lipinski definition) is 4. The number of ether oxygens (including phenoxy) is 1. The highest BCUT2D eigenvalue weighted by atomic mass is 19.4. The number of carbonyl (C=O) groups is 4. The molecule has 0 spiro atoms. The molecule has 49 heavy (non-hydrogen) atoms. The summed E-state index contributed by atoms with van der Waals surface area (Å²) >= 11 is 0. The van der Waals surface area contributed by atoms with Gasteiger partial charge in [0.1, 0.15) is 17.7 Å². The zero-order chi connectivity index (χ0) is 35.8. The molecule has 1 saturated carbocycles. The minimum atomic E-state index is -4.57. The van der Waals surface area contributed by atoms with E-state index in [9.17, 15) is 32.3 Å². The molecule has 12 heteroatoms. The third kappa shape index (κ3) is 10.3. The van der Waals surface area contributed by atoms with Gasteiger partial charge in [-0.3, -0.25) is 14.4 Å². The molecule has 4 N–H and O–H groups in total. The molecule has 4 rings (SSSR count). The number of halogens is 3. The summed E-state index contributed by atoms with van der Waals surface area (Å²) in [7, 11) is 0. The molecule has 0 unspecified atom stereocenters. The van der Waals surface area contributed by atoms with Crippen LogP contribution in [0.1, 0.15) is 86.8 Å². The lowest BCUT2D eigenvalue weighted by molar-refractivity contribution is -0.137. The number of amides is 4. The smallest absolute Gasteiger partial charge is 0.416 e. The summed E-state index contributed by atoms with van der Waals surface area (Å²) in [4.78, 5) is 52.3. The van der Waals surface area contributed by atoms with Crippen LogP contribution in [0.15, 0.2) is 78.9 Å². The Hall–Kier alpha value is -4.87. The van der Waals surface area contributed by atoms with Gasteiger partial charge in [-0.2, -0.15) is 13.2 Å². The summed E-state index contributed by atoms with van der Waals surface area (Å²) in [6, 6.07) is 18.3. The van der Waals surface area contributed by atoms with Gasteiger partial charge in [0.25, 0.3) is 5.91 Å². The lowest BCUT2D eigenvalue weighted by Crippen LogP contribution is -2.57. The Balaban J connectivity index is 1.48. The van der Waals surface area contributed by atoms with E-state index in [1.807, 2.05) is 6.92 Å². The maximum absolute atomic E-state index is 13.8. The summed E-state index contributed by atoms with van der Waals surface area (Å²) in [5.41, 5.74) is -0.569. The van der Waals surface area contributed by atoms with Gasteiger partial charge in [0.15, 0.2) is 0 Å². The molecular formula is C37H43F3N4O5. The van der Waals surface area contributed by atoms with Crippen LogP contribution in [0.5, 0.6) is 0 Å². The first-order chi connectivity index (χ1) is 23.1. The number of benzene rings is 3. The number of anilines is 1. The first kappa shape index (κ1) is 37.0. The van der Waals surface area contributed by atoms with Crippen LogP contribution in [0.25, 0.3) is 0 Å². The van der Waals surface area contributed by atoms with Crippen LogP contribution in [0.4, 0.5) is 23.7 Å². The third-order valence-electron chi connectivity index (χ3n) is 8.21. The van der Waals surface area contributed by atoms with Crippen LogP contribution in [-0.4, -0.2) is 41.5 Å². The summed E-state index contributed by atoms with van der Waals surface area (Å²) in [5.74, 6) is -1.28. The second-order valence-electron chi connectivity index (χ2n) is 13.3. The molecule has 0 bridgehead atoms. The highest BCUT2D eigenvalue weighted by Gasteiger charge is 2.42. The fraction of sp³-hybridized carbons (Fsp3) is 0.405. The van der Waals surface area contributed by atoms with Gasteiger partial charge in [-0.25, -0.2) is 4.79 Å². The van der Waals surface area contributed by atoms with Gasteiger partial charge in [-0.1, -0.05) is 61.9 Å². The number of rotatable bonds is 12. The standard InChI is InChI=1S/C37H43F3N4O5/c1-5-11-29(42-31(45)25-13-7-6-8-14-25)32(46)41-28-18-16-26(17-19-28)36(20-10-21-36)44-33(47)30(43-34(48)49-35(2,3)4)23-24-12-9-15-27(22-24)37(38,39)40/h6-9,12-19,22,29-30H,5,10-11,20-21,23H2,1-4H3,(H,41,46)(H,42,45)(H,43,48)(H,44,47)/t29-,30-/m0/s1. The quantitative estimate of drug-likeness (QED) is 0.166. The Labute approximate surface area is 284 Å². The van der Waals surface area contributed by atoms with Crippen molar-refractivity contribution in [2.45, 2.75) is 95.6 Å². The van der Waals surface area contributed by atoms with Crippen molar-refractivity contribution in [3.63, 3.8) is 0 Å². The first-order valence-corrected chi connectivity index (χ1v) is 16.3. The van der Waals surface area contributed by atoms with Crippen LogP contribution in [-0.2, 0) is 32.5 Å². The second kappa shape index (κ2) is 15.6. The SMILES string of the molecule is CCC[C@H](NC(=O)c1ccccc1)C(=O)Nc1ccc(C2(NC(=O)[C@H](Cc3cccc(C(F)(F)F)c3)NC(=O)OC(C)(C)C)CCC2)cc1. The first-order valence-electron chi connectivity index (χ1n) is 16.3. The molecule has 0 aliphatic heterocycles. The van der Waals surface area contributed by atoms with E-state index < -0.39 is 47.0 Å². The highest BCUT2D eigenvalue weighted by Crippen LogP contribution is 2.42. The normalized spacial score (nSPS) is 15.2. The van der Waals surface area contributed by atoms with Crippen molar-refractivity contribution in [2.75, 3.05) is 5.32 Å². The summed E-state index contributed by atoms with van der Waals surface area (Å²) in [5, 5.41) is 11.2. The van der Waals surface area contributed by atoms with Gasteiger partial charge < -0.3 is 26.0 Å². The lowest BCUT2D eigenvalue weighted by Gasteiger charge is -2.44. The van der Waals surface area contributed by atoms with E-state index in [-0.39, 0.29) is 23.8 Å². The molecule has 1 aliphatic carbocycles. The van der Waals surface area contributed by atoms with Gasteiger partial charge >= 0.3 is 12.3 Å². The highest BCUT2D eigenvalue weighted by molar-refractivity contribution is 6.01. The average Bonchev–Trinajstić information content (AvgIpc) is 3.02. The van der Waals surface area contributed by atoms with E-state index in [1.165, 1.54) is 12.1 Å². The molecule has 1 fully saturated rings. The van der Waals surface area contributed by atoms with E-state index in [2.05, 4.69) is 21.3 Å². The fourth-order valence-corrected chi connectivity index (χ4v) is 5.60. The number of alkyl halides is 3. The topological polar surface area (TPSA) is 126 Å². The summed E-state index contributed by atoms with van der Waals surface area (Å²) < 4.78 is 45.5. The van der Waals surface area contributed by atoms with Crippen molar-refractivity contribution in [1.29, 1.82) is 0 Å². The van der Waals surface area contributed by atoms with Crippen molar-refractivity contribution in [2.24, 2.45) is 0 Å². The monoisotopic (exact) mass is 680 g/mol. The Morgan fingerprint density at radius 2 is 1.51 bits per heavy atom. The number of carbonyl (C=O) groups excluding carboxylic acids is 4. The fourth-order valence-electron chi connectivity index (χ4n) is 5.60. The molecule has 2 atom stereocenters. The molecule has 1 aliphatic rings. The van der Waals surface area contributed by atoms with Crippen LogP contribution in [0.3, 0.4) is 0 Å². The largest absolute Gasteiger partial charge is 0.444 e. The van der Waals surface area contributed by atoms with Gasteiger partial charge in [-0.15, -0.1) is 0 Å². The van der Waals surface area contributed by atoms with Crippen molar-refractivity contribution in [3.05, 3.63) is 101 Å². The Morgan fingerprint density at radius 1 is 0.837 bits per heavy atom. The van der Waals surface area contributed by atoms with Crippen LogP contribution in [0, 0.1) is 0 Å². The number of hydrogen-bond acceptors (Lipinski definition) is 5. The zero-order valence-corrected chi connectivity index (χ0v) is 28.1. The average molecular weight is 681 g/mol. The molecule has 9 nitrogen and oxygen atoms in total. The second-order valence-corrected chi connectivity index (χ2v) is 13.3. The van der Waals surface area contributed by atoms with E-state index in [0.29, 0.717) is 36.9 Å². The van der Waals surface area contributed by atoms with Crippen LogP contribution in [0.2, 0.25) is 0 Å². The maximum atomic E-state index is 13.8. The zero-order valence-electron chi connectivity index (χ0n) is 28.1. The lowest BCUT2D eigenvalue weighted by atomic mass is 9.71.